The maximum absolute atomic E-state index is 4.47. The normalized spacial score (nSPS) is 18.4. The molecule has 1 atom stereocenters. The smallest absolute Gasteiger partial charge is 0.229 e. The predicted molar refractivity (Wildman–Crippen MR) is 77.8 cm³/mol. The molecule has 0 aliphatic heterocycles. The molecule has 1 unspecified atom stereocenters. The Morgan fingerprint density at radius 2 is 2.21 bits per heavy atom. The SMILES string of the molecule is Cc1c[nH]c2nc(NC3=CC(C)C=CC=C3)ncc12. The fourth-order valence-electron chi connectivity index (χ4n) is 2.10. The molecular formula is C15H16N4. The van der Waals surface area contributed by atoms with Crippen molar-refractivity contribution < 1.29 is 0 Å². The minimum absolute atomic E-state index is 0.397. The van der Waals surface area contributed by atoms with Crippen LogP contribution in [0, 0.1) is 12.8 Å². The van der Waals surface area contributed by atoms with Crippen LogP contribution in [0.3, 0.4) is 0 Å². The first kappa shape index (κ1) is 11.7. The lowest BCUT2D eigenvalue weighted by Crippen LogP contribution is -2.02. The fourth-order valence-corrected chi connectivity index (χ4v) is 2.10. The van der Waals surface area contributed by atoms with Crippen LogP contribution in [0.2, 0.25) is 0 Å². The number of nitrogens with one attached hydrogen (secondary N) is 2. The van der Waals surface area contributed by atoms with E-state index < -0.39 is 0 Å². The van der Waals surface area contributed by atoms with E-state index >= 15 is 0 Å². The van der Waals surface area contributed by atoms with Crippen LogP contribution in [-0.4, -0.2) is 15.0 Å². The van der Waals surface area contributed by atoms with Gasteiger partial charge in [-0.3, -0.25) is 0 Å². The van der Waals surface area contributed by atoms with Crippen LogP contribution in [0.4, 0.5) is 5.95 Å². The highest BCUT2D eigenvalue weighted by Gasteiger charge is 2.05. The van der Waals surface area contributed by atoms with Gasteiger partial charge in [-0.05, 0) is 24.5 Å². The average molecular weight is 252 g/mol. The molecule has 2 heterocycles. The van der Waals surface area contributed by atoms with Crippen LogP contribution in [0.1, 0.15) is 12.5 Å². The Kier molecular flexibility index (Phi) is 2.91. The number of anilines is 1. The molecule has 0 saturated heterocycles. The van der Waals surface area contributed by atoms with E-state index in [4.69, 9.17) is 0 Å². The van der Waals surface area contributed by atoms with Crippen LogP contribution in [0.5, 0.6) is 0 Å². The van der Waals surface area contributed by atoms with Crippen molar-refractivity contribution in [2.75, 3.05) is 5.32 Å². The number of H-pyrrole nitrogens is 1. The summed E-state index contributed by atoms with van der Waals surface area (Å²) in [5.74, 6) is 1.01. The molecule has 1 aliphatic carbocycles. The number of aromatic amines is 1. The highest BCUT2D eigenvalue weighted by molar-refractivity contribution is 5.79. The average Bonchev–Trinajstić information content (AvgIpc) is 2.63. The molecule has 2 aromatic rings. The zero-order valence-electron chi connectivity index (χ0n) is 11.0. The van der Waals surface area contributed by atoms with Crippen LogP contribution < -0.4 is 5.32 Å². The van der Waals surface area contributed by atoms with Crippen molar-refractivity contribution in [1.29, 1.82) is 0 Å². The molecule has 4 nitrogen and oxygen atoms in total. The van der Waals surface area contributed by atoms with Gasteiger partial charge in [0.25, 0.3) is 0 Å². The van der Waals surface area contributed by atoms with Crippen molar-refractivity contribution >= 4 is 17.0 Å². The molecule has 0 saturated carbocycles. The fraction of sp³-hybridized carbons (Fsp3) is 0.200. The molecule has 0 radical (unpaired) electrons. The molecule has 2 N–H and O–H groups in total. The summed E-state index contributed by atoms with van der Waals surface area (Å²) in [6.45, 7) is 4.18. The van der Waals surface area contributed by atoms with Gasteiger partial charge in [0.2, 0.25) is 5.95 Å². The molecule has 0 aromatic carbocycles. The van der Waals surface area contributed by atoms with E-state index in [0.717, 1.165) is 22.3 Å². The number of hydrogen-bond acceptors (Lipinski definition) is 3. The second-order valence-electron chi connectivity index (χ2n) is 4.78. The van der Waals surface area contributed by atoms with Gasteiger partial charge < -0.3 is 10.3 Å². The molecule has 2 aromatic heterocycles. The summed E-state index contributed by atoms with van der Waals surface area (Å²) in [5.41, 5.74) is 3.03. The number of fused-ring (bicyclic) bond motifs is 1. The van der Waals surface area contributed by atoms with Crippen LogP contribution in [0.15, 0.2) is 48.5 Å². The lowest BCUT2D eigenvalue weighted by Gasteiger charge is -2.06. The van der Waals surface area contributed by atoms with Crippen LogP contribution >= 0.6 is 0 Å². The van der Waals surface area contributed by atoms with Crippen molar-refractivity contribution in [3.63, 3.8) is 0 Å². The predicted octanol–water partition coefficient (Wildman–Crippen LogP) is 3.32. The number of allylic oxidation sites excluding steroid dienone is 5. The summed E-state index contributed by atoms with van der Waals surface area (Å²) in [7, 11) is 0. The van der Waals surface area contributed by atoms with Crippen molar-refractivity contribution in [3.8, 4) is 0 Å². The maximum Gasteiger partial charge on any atom is 0.229 e. The Balaban J connectivity index is 1.89. The largest absolute Gasteiger partial charge is 0.346 e. The van der Waals surface area contributed by atoms with E-state index in [1.165, 1.54) is 0 Å². The van der Waals surface area contributed by atoms with E-state index in [-0.39, 0.29) is 0 Å². The number of hydrogen-bond donors (Lipinski definition) is 2. The van der Waals surface area contributed by atoms with E-state index in [1.54, 1.807) is 0 Å². The summed E-state index contributed by atoms with van der Waals surface area (Å²) in [6.07, 6.45) is 14.2. The zero-order valence-corrected chi connectivity index (χ0v) is 11.0. The summed E-state index contributed by atoms with van der Waals surface area (Å²) in [4.78, 5) is 12.0. The summed E-state index contributed by atoms with van der Waals surface area (Å²) in [6, 6.07) is 0. The van der Waals surface area contributed by atoms with Gasteiger partial charge in [-0.25, -0.2) is 4.98 Å². The molecule has 4 heteroatoms. The van der Waals surface area contributed by atoms with Crippen molar-refractivity contribution in [2.45, 2.75) is 13.8 Å². The molecule has 96 valence electrons. The maximum atomic E-state index is 4.47. The van der Waals surface area contributed by atoms with Gasteiger partial charge in [-0.2, -0.15) is 4.98 Å². The van der Waals surface area contributed by atoms with Gasteiger partial charge >= 0.3 is 0 Å². The minimum Gasteiger partial charge on any atom is -0.346 e. The minimum atomic E-state index is 0.397. The monoisotopic (exact) mass is 252 g/mol. The van der Waals surface area contributed by atoms with Gasteiger partial charge in [0.1, 0.15) is 5.65 Å². The van der Waals surface area contributed by atoms with E-state index in [0.29, 0.717) is 11.9 Å². The summed E-state index contributed by atoms with van der Waals surface area (Å²) in [5, 5.41) is 4.31. The molecule has 19 heavy (non-hydrogen) atoms. The van der Waals surface area contributed by atoms with Gasteiger partial charge in [-0.15, -0.1) is 0 Å². The molecule has 3 rings (SSSR count). The van der Waals surface area contributed by atoms with Crippen LogP contribution in [0.25, 0.3) is 11.0 Å². The quantitative estimate of drug-likeness (QED) is 0.862. The van der Waals surface area contributed by atoms with E-state index in [2.05, 4.69) is 39.3 Å². The van der Waals surface area contributed by atoms with E-state index in [9.17, 15) is 0 Å². The second-order valence-corrected chi connectivity index (χ2v) is 4.78. The molecule has 0 amide bonds. The van der Waals surface area contributed by atoms with Crippen molar-refractivity contribution in [3.05, 3.63) is 54.0 Å². The Hall–Kier alpha value is -2.36. The highest BCUT2D eigenvalue weighted by atomic mass is 15.1. The van der Waals surface area contributed by atoms with Crippen LogP contribution in [-0.2, 0) is 0 Å². The first-order valence-corrected chi connectivity index (χ1v) is 6.37. The van der Waals surface area contributed by atoms with E-state index in [1.807, 2.05) is 37.5 Å². The lowest BCUT2D eigenvalue weighted by molar-refractivity contribution is 0.933. The number of rotatable bonds is 2. The molecule has 0 fully saturated rings. The molecule has 1 aliphatic rings. The number of aryl methyl sites for hydroxylation is 1. The number of nitrogens with zero attached hydrogens (tertiary/aromatic N) is 2. The zero-order chi connectivity index (χ0) is 13.2. The van der Waals surface area contributed by atoms with Crippen molar-refractivity contribution in [1.82, 2.24) is 15.0 Å². The Labute approximate surface area is 112 Å². The second kappa shape index (κ2) is 4.72. The Bertz CT molecular complexity index is 691. The third-order valence-corrected chi connectivity index (χ3v) is 3.14. The Morgan fingerprint density at radius 3 is 3.11 bits per heavy atom. The third-order valence-electron chi connectivity index (χ3n) is 3.14. The van der Waals surface area contributed by atoms with Gasteiger partial charge in [-0.1, -0.05) is 31.2 Å². The highest BCUT2D eigenvalue weighted by Crippen LogP contribution is 2.17. The van der Waals surface area contributed by atoms with Crippen molar-refractivity contribution in [2.24, 2.45) is 5.92 Å². The lowest BCUT2D eigenvalue weighted by atomic mass is 10.1. The standard InChI is InChI=1S/C15H16N4/c1-10-5-3-4-6-12(7-10)18-15-17-9-13-11(2)8-16-14(13)19-15/h3-10H,1-2H3,(H2,16,17,18,19). The molecular weight excluding hydrogens is 236 g/mol. The topological polar surface area (TPSA) is 53.6 Å². The molecule has 0 spiro atoms. The first-order valence-electron chi connectivity index (χ1n) is 6.37. The third kappa shape index (κ3) is 2.42. The van der Waals surface area contributed by atoms with Gasteiger partial charge in [0.05, 0.1) is 0 Å². The first-order chi connectivity index (χ1) is 9.22. The summed E-state index contributed by atoms with van der Waals surface area (Å²) < 4.78 is 0. The Morgan fingerprint density at radius 1 is 1.32 bits per heavy atom. The van der Waals surface area contributed by atoms with Gasteiger partial charge in [0.15, 0.2) is 0 Å². The summed E-state index contributed by atoms with van der Waals surface area (Å²) >= 11 is 0. The molecule has 0 bridgehead atoms. The van der Waals surface area contributed by atoms with Gasteiger partial charge in [0, 0.05) is 23.5 Å². The number of aromatic nitrogens is 3.